The van der Waals surface area contributed by atoms with E-state index in [1.165, 1.54) is 9.87 Å². The molecule has 2 aromatic rings. The van der Waals surface area contributed by atoms with Gasteiger partial charge in [-0.05, 0) is 73.1 Å². The molecule has 33 heavy (non-hydrogen) atoms. The highest BCUT2D eigenvalue weighted by molar-refractivity contribution is 7.89. The molecule has 8 heteroatoms. The first kappa shape index (κ1) is 23.4. The number of amides is 2. The molecular weight excluding hydrogens is 438 g/mol. The minimum atomic E-state index is -3.73. The molecule has 176 valence electrons. The number of nitrogens with one attached hydrogen (secondary N) is 2. The van der Waals surface area contributed by atoms with Crippen molar-refractivity contribution >= 4 is 33.2 Å². The van der Waals surface area contributed by atoms with E-state index in [0.717, 1.165) is 11.3 Å². The van der Waals surface area contributed by atoms with E-state index in [1.807, 2.05) is 24.3 Å². The normalized spacial score (nSPS) is 19.5. The lowest BCUT2D eigenvalue weighted by Gasteiger charge is -2.31. The molecule has 1 atom stereocenters. The Hall–Kier alpha value is -2.71. The van der Waals surface area contributed by atoms with Crippen molar-refractivity contribution in [1.82, 2.24) is 4.31 Å². The Bertz CT molecular complexity index is 1140. The van der Waals surface area contributed by atoms with Crippen LogP contribution < -0.4 is 10.6 Å². The summed E-state index contributed by atoms with van der Waals surface area (Å²) in [5.41, 5.74) is 3.43. The molecule has 4 rings (SSSR count). The molecule has 0 aromatic heterocycles. The highest BCUT2D eigenvalue weighted by Crippen LogP contribution is 2.29. The van der Waals surface area contributed by atoms with Crippen molar-refractivity contribution in [2.24, 2.45) is 5.92 Å². The summed E-state index contributed by atoms with van der Waals surface area (Å²) in [6.45, 7) is 4.78. The van der Waals surface area contributed by atoms with Crippen molar-refractivity contribution in [2.75, 3.05) is 23.7 Å². The third-order valence-corrected chi connectivity index (χ3v) is 8.30. The number of hydrogen-bond donors (Lipinski definition) is 2. The first-order valence-electron chi connectivity index (χ1n) is 11.6. The number of fused-ring (bicyclic) bond motifs is 1. The van der Waals surface area contributed by atoms with Crippen molar-refractivity contribution in [3.63, 3.8) is 0 Å². The van der Waals surface area contributed by atoms with E-state index in [1.54, 1.807) is 18.2 Å². The minimum Gasteiger partial charge on any atom is -0.326 e. The molecule has 0 aliphatic carbocycles. The first-order valence-corrected chi connectivity index (χ1v) is 13.0. The fourth-order valence-electron chi connectivity index (χ4n) is 4.43. The number of nitrogens with zero attached hydrogens (tertiary/aromatic N) is 1. The Kier molecular flexibility index (Phi) is 6.86. The fourth-order valence-corrected chi connectivity index (χ4v) is 6.01. The SMILES string of the molecule is CC(C)c1ccc(NC(=O)[C@@H]2CCCN(S(=O)(=O)c3ccc4c(c3)CCCC(=O)N4)C2)cc1. The van der Waals surface area contributed by atoms with Crippen LogP contribution in [0.15, 0.2) is 47.4 Å². The zero-order valence-corrected chi connectivity index (χ0v) is 20.0. The monoisotopic (exact) mass is 469 g/mol. The lowest BCUT2D eigenvalue weighted by atomic mass is 9.98. The van der Waals surface area contributed by atoms with Crippen molar-refractivity contribution in [3.05, 3.63) is 53.6 Å². The summed E-state index contributed by atoms with van der Waals surface area (Å²) < 4.78 is 28.1. The van der Waals surface area contributed by atoms with Crippen LogP contribution in [0.4, 0.5) is 11.4 Å². The predicted molar refractivity (Wildman–Crippen MR) is 129 cm³/mol. The number of aryl methyl sites for hydroxylation is 1. The second kappa shape index (κ2) is 9.65. The standard InChI is InChI=1S/C25H31N3O4S/c1-17(2)18-8-10-21(11-9-18)26-25(30)20-6-4-14-28(16-20)33(31,32)22-12-13-23-19(15-22)5-3-7-24(29)27-23/h8-13,15,17,20H,3-7,14,16H2,1-2H3,(H,26,30)(H,27,29)/t20-/m1/s1. The molecule has 2 aromatic carbocycles. The van der Waals surface area contributed by atoms with Crippen molar-refractivity contribution in [2.45, 2.75) is 56.8 Å². The predicted octanol–water partition coefficient (Wildman–Crippen LogP) is 4.12. The lowest BCUT2D eigenvalue weighted by Crippen LogP contribution is -2.43. The Labute approximate surface area is 195 Å². The molecule has 0 bridgehead atoms. The van der Waals surface area contributed by atoms with Gasteiger partial charge >= 0.3 is 0 Å². The summed E-state index contributed by atoms with van der Waals surface area (Å²) >= 11 is 0. The topological polar surface area (TPSA) is 95.6 Å². The molecule has 0 unspecified atom stereocenters. The van der Waals surface area contributed by atoms with E-state index >= 15 is 0 Å². The maximum atomic E-state index is 13.4. The van der Waals surface area contributed by atoms with Gasteiger partial charge in [-0.2, -0.15) is 4.31 Å². The van der Waals surface area contributed by atoms with Gasteiger partial charge in [0.25, 0.3) is 0 Å². The van der Waals surface area contributed by atoms with Gasteiger partial charge in [-0.3, -0.25) is 9.59 Å². The number of sulfonamides is 1. The Morgan fingerprint density at radius 1 is 1.09 bits per heavy atom. The molecular formula is C25H31N3O4S. The van der Waals surface area contributed by atoms with Gasteiger partial charge in [-0.25, -0.2) is 8.42 Å². The number of benzene rings is 2. The third-order valence-electron chi connectivity index (χ3n) is 6.44. The van der Waals surface area contributed by atoms with Gasteiger partial charge in [0, 0.05) is 30.9 Å². The quantitative estimate of drug-likeness (QED) is 0.688. The molecule has 0 saturated carbocycles. The second-order valence-corrected chi connectivity index (χ2v) is 11.1. The van der Waals surface area contributed by atoms with Gasteiger partial charge in [-0.1, -0.05) is 26.0 Å². The van der Waals surface area contributed by atoms with Gasteiger partial charge in [0.2, 0.25) is 21.8 Å². The molecule has 2 N–H and O–H groups in total. The lowest BCUT2D eigenvalue weighted by molar-refractivity contribution is -0.121. The number of hydrogen-bond acceptors (Lipinski definition) is 4. The molecule has 0 radical (unpaired) electrons. The Morgan fingerprint density at radius 2 is 1.85 bits per heavy atom. The summed E-state index contributed by atoms with van der Waals surface area (Å²) in [7, 11) is -3.73. The smallest absolute Gasteiger partial charge is 0.243 e. The van der Waals surface area contributed by atoms with Crippen LogP contribution in [0, 0.1) is 5.92 Å². The van der Waals surface area contributed by atoms with Crippen LogP contribution in [-0.2, 0) is 26.0 Å². The summed E-state index contributed by atoms with van der Waals surface area (Å²) in [6, 6.07) is 12.6. The average molecular weight is 470 g/mol. The van der Waals surface area contributed by atoms with E-state index < -0.39 is 15.9 Å². The van der Waals surface area contributed by atoms with Crippen LogP contribution in [0.1, 0.15) is 56.6 Å². The van der Waals surface area contributed by atoms with E-state index in [4.69, 9.17) is 0 Å². The molecule has 1 fully saturated rings. The van der Waals surface area contributed by atoms with Crippen molar-refractivity contribution in [1.29, 1.82) is 0 Å². The zero-order chi connectivity index (χ0) is 23.6. The van der Waals surface area contributed by atoms with Crippen LogP contribution in [0.5, 0.6) is 0 Å². The van der Waals surface area contributed by atoms with E-state index in [2.05, 4.69) is 24.5 Å². The van der Waals surface area contributed by atoms with Gasteiger partial charge in [-0.15, -0.1) is 0 Å². The molecule has 7 nitrogen and oxygen atoms in total. The maximum absolute atomic E-state index is 13.4. The van der Waals surface area contributed by atoms with Gasteiger partial charge in [0.1, 0.15) is 0 Å². The molecule has 1 saturated heterocycles. The Balaban J connectivity index is 1.46. The van der Waals surface area contributed by atoms with E-state index in [0.29, 0.717) is 50.3 Å². The highest BCUT2D eigenvalue weighted by atomic mass is 32.2. The van der Waals surface area contributed by atoms with Crippen molar-refractivity contribution < 1.29 is 18.0 Å². The zero-order valence-electron chi connectivity index (χ0n) is 19.1. The molecule has 2 aliphatic rings. The summed E-state index contributed by atoms with van der Waals surface area (Å²) in [4.78, 5) is 24.9. The largest absolute Gasteiger partial charge is 0.326 e. The van der Waals surface area contributed by atoms with E-state index in [-0.39, 0.29) is 23.3 Å². The fraction of sp³-hybridized carbons (Fsp3) is 0.440. The summed E-state index contributed by atoms with van der Waals surface area (Å²) in [6.07, 6.45) is 3.05. The third kappa shape index (κ3) is 5.28. The highest BCUT2D eigenvalue weighted by Gasteiger charge is 2.34. The minimum absolute atomic E-state index is 0.0481. The maximum Gasteiger partial charge on any atom is 0.243 e. The van der Waals surface area contributed by atoms with Crippen LogP contribution >= 0.6 is 0 Å². The first-order chi connectivity index (χ1) is 15.7. The number of carbonyl (C=O) groups excluding carboxylic acids is 2. The molecule has 2 heterocycles. The van der Waals surface area contributed by atoms with Crippen LogP contribution in [0.25, 0.3) is 0 Å². The summed E-state index contributed by atoms with van der Waals surface area (Å²) in [5, 5.41) is 5.78. The molecule has 0 spiro atoms. The van der Waals surface area contributed by atoms with Crippen molar-refractivity contribution in [3.8, 4) is 0 Å². The number of rotatable bonds is 5. The average Bonchev–Trinajstić information content (AvgIpc) is 2.99. The Morgan fingerprint density at radius 3 is 2.58 bits per heavy atom. The van der Waals surface area contributed by atoms with Crippen LogP contribution in [0.2, 0.25) is 0 Å². The van der Waals surface area contributed by atoms with E-state index in [9.17, 15) is 18.0 Å². The van der Waals surface area contributed by atoms with Crippen LogP contribution in [0.3, 0.4) is 0 Å². The second-order valence-electron chi connectivity index (χ2n) is 9.19. The molecule has 2 aliphatic heterocycles. The number of piperidine rings is 1. The summed E-state index contributed by atoms with van der Waals surface area (Å²) in [5.74, 6) is -0.195. The molecule has 2 amide bonds. The number of carbonyl (C=O) groups is 2. The number of anilines is 2. The van der Waals surface area contributed by atoms with Gasteiger partial charge in [0.05, 0.1) is 10.8 Å². The van der Waals surface area contributed by atoms with Crippen LogP contribution in [-0.4, -0.2) is 37.6 Å². The van der Waals surface area contributed by atoms with Gasteiger partial charge < -0.3 is 10.6 Å². The van der Waals surface area contributed by atoms with Gasteiger partial charge in [0.15, 0.2) is 0 Å².